The Labute approximate surface area is 172 Å². The van der Waals surface area contributed by atoms with Crippen molar-refractivity contribution in [2.24, 2.45) is 7.05 Å². The van der Waals surface area contributed by atoms with Gasteiger partial charge >= 0.3 is 0 Å². The van der Waals surface area contributed by atoms with Crippen LogP contribution < -0.4 is 4.74 Å². The van der Waals surface area contributed by atoms with E-state index in [0.717, 1.165) is 11.3 Å². The second-order valence-corrected chi connectivity index (χ2v) is 7.48. The van der Waals surface area contributed by atoms with E-state index in [4.69, 9.17) is 4.74 Å². The highest BCUT2D eigenvalue weighted by Gasteiger charge is 2.15. The summed E-state index contributed by atoms with van der Waals surface area (Å²) in [5, 5.41) is 19.7. The van der Waals surface area contributed by atoms with E-state index in [1.165, 1.54) is 35.5 Å². The maximum absolute atomic E-state index is 12.4. The Morgan fingerprint density at radius 1 is 1.21 bits per heavy atom. The van der Waals surface area contributed by atoms with Gasteiger partial charge in [-0.05, 0) is 25.5 Å². The zero-order valence-corrected chi connectivity index (χ0v) is 17.1. The van der Waals surface area contributed by atoms with Gasteiger partial charge in [-0.1, -0.05) is 41.6 Å². The zero-order chi connectivity index (χ0) is 21.0. The molecule has 0 fully saturated rings. The third-order valence-corrected chi connectivity index (χ3v) is 5.34. The maximum Gasteiger partial charge on any atom is 0.270 e. The molecule has 0 radical (unpaired) electrons. The van der Waals surface area contributed by atoms with Crippen LogP contribution in [-0.4, -0.2) is 31.2 Å². The number of ketones is 1. The fourth-order valence-corrected chi connectivity index (χ4v) is 3.53. The Kier molecular flexibility index (Phi) is 6.28. The smallest absolute Gasteiger partial charge is 0.270 e. The number of carbonyl (C=O) groups excluding carboxylic acids is 1. The summed E-state index contributed by atoms with van der Waals surface area (Å²) in [6.07, 6.45) is 0. The molecular formula is C20H20N4O4S. The minimum absolute atomic E-state index is 0.102. The number of thioether (sulfide) groups is 1. The summed E-state index contributed by atoms with van der Waals surface area (Å²) in [6, 6.07) is 11.7. The lowest BCUT2D eigenvalue weighted by atomic mass is 10.1. The van der Waals surface area contributed by atoms with E-state index in [9.17, 15) is 14.9 Å². The lowest BCUT2D eigenvalue weighted by Gasteiger charge is -2.09. The van der Waals surface area contributed by atoms with Gasteiger partial charge in [0.1, 0.15) is 12.4 Å². The summed E-state index contributed by atoms with van der Waals surface area (Å²) >= 11 is 1.23. The molecule has 29 heavy (non-hydrogen) atoms. The van der Waals surface area contributed by atoms with Crippen molar-refractivity contribution in [1.82, 2.24) is 14.8 Å². The first kappa shape index (κ1) is 20.5. The van der Waals surface area contributed by atoms with Gasteiger partial charge in [0, 0.05) is 24.7 Å². The number of hydrogen-bond acceptors (Lipinski definition) is 7. The van der Waals surface area contributed by atoms with Crippen molar-refractivity contribution in [3.8, 4) is 5.75 Å². The molecule has 8 nitrogen and oxygen atoms in total. The highest BCUT2D eigenvalue weighted by Crippen LogP contribution is 2.22. The summed E-state index contributed by atoms with van der Waals surface area (Å²) in [5.74, 6) is 1.31. The van der Waals surface area contributed by atoms with Gasteiger partial charge in [-0.3, -0.25) is 14.9 Å². The van der Waals surface area contributed by atoms with Crippen molar-refractivity contribution in [2.75, 3.05) is 5.75 Å². The lowest BCUT2D eigenvalue weighted by molar-refractivity contribution is -0.384. The second-order valence-electron chi connectivity index (χ2n) is 6.53. The molecule has 0 aliphatic carbocycles. The summed E-state index contributed by atoms with van der Waals surface area (Å²) in [6.45, 7) is 4.27. The number of nitro benzene ring substituents is 1. The van der Waals surface area contributed by atoms with Crippen LogP contribution in [0.1, 0.15) is 27.3 Å². The standard InChI is InChI=1S/C20H20N4O4S/c1-13-7-8-18(14(2)9-13)28-11-19-21-22-20(23(19)3)29-12-17(25)15-5-4-6-16(10-15)24(26)27/h4-10H,11-12H2,1-3H3. The number of non-ortho nitro benzene ring substituents is 1. The third kappa shape index (κ3) is 5.00. The molecule has 0 spiro atoms. The molecule has 0 bridgehead atoms. The molecule has 2 aromatic carbocycles. The molecule has 0 unspecified atom stereocenters. The second kappa shape index (κ2) is 8.87. The summed E-state index contributed by atoms with van der Waals surface area (Å²) in [5.41, 5.74) is 2.41. The van der Waals surface area contributed by atoms with E-state index in [0.29, 0.717) is 16.5 Å². The Balaban J connectivity index is 1.61. The van der Waals surface area contributed by atoms with Crippen LogP contribution in [0, 0.1) is 24.0 Å². The van der Waals surface area contributed by atoms with Crippen LogP contribution >= 0.6 is 11.8 Å². The van der Waals surface area contributed by atoms with Gasteiger partial charge in [-0.25, -0.2) is 0 Å². The molecule has 9 heteroatoms. The van der Waals surface area contributed by atoms with Crippen LogP contribution in [0.5, 0.6) is 5.75 Å². The van der Waals surface area contributed by atoms with Crippen LogP contribution in [0.2, 0.25) is 0 Å². The van der Waals surface area contributed by atoms with E-state index in [1.807, 2.05) is 32.0 Å². The molecule has 3 rings (SSSR count). The summed E-state index contributed by atoms with van der Waals surface area (Å²) in [7, 11) is 1.81. The molecular weight excluding hydrogens is 392 g/mol. The van der Waals surface area contributed by atoms with Crippen molar-refractivity contribution in [2.45, 2.75) is 25.6 Å². The third-order valence-electron chi connectivity index (χ3n) is 4.32. The molecule has 0 aliphatic rings. The first-order valence-corrected chi connectivity index (χ1v) is 9.82. The molecule has 0 saturated heterocycles. The van der Waals surface area contributed by atoms with Crippen molar-refractivity contribution in [3.05, 3.63) is 75.1 Å². The first-order valence-electron chi connectivity index (χ1n) is 8.84. The van der Waals surface area contributed by atoms with Gasteiger partial charge < -0.3 is 9.30 Å². The number of Topliss-reactive ketones (excluding diaryl/α,β-unsaturated/α-hetero) is 1. The zero-order valence-electron chi connectivity index (χ0n) is 16.3. The average molecular weight is 412 g/mol. The molecule has 0 aliphatic heterocycles. The topological polar surface area (TPSA) is 100 Å². The number of nitrogens with zero attached hydrogens (tertiary/aromatic N) is 4. The fourth-order valence-electron chi connectivity index (χ4n) is 2.71. The summed E-state index contributed by atoms with van der Waals surface area (Å²) < 4.78 is 7.61. The van der Waals surface area contributed by atoms with E-state index < -0.39 is 4.92 Å². The molecule has 0 atom stereocenters. The highest BCUT2D eigenvalue weighted by atomic mass is 32.2. The van der Waals surface area contributed by atoms with Crippen LogP contribution in [0.25, 0.3) is 0 Å². The van der Waals surface area contributed by atoms with Crippen molar-refractivity contribution in [3.63, 3.8) is 0 Å². The van der Waals surface area contributed by atoms with Gasteiger partial charge in [-0.15, -0.1) is 10.2 Å². The Morgan fingerprint density at radius 2 is 2.00 bits per heavy atom. The Morgan fingerprint density at radius 3 is 2.72 bits per heavy atom. The van der Waals surface area contributed by atoms with Gasteiger partial charge in [-0.2, -0.15) is 0 Å². The number of ether oxygens (including phenoxy) is 1. The SMILES string of the molecule is Cc1ccc(OCc2nnc(SCC(=O)c3cccc([N+](=O)[O-])c3)n2C)c(C)c1. The number of rotatable bonds is 8. The number of aromatic nitrogens is 3. The highest BCUT2D eigenvalue weighted by molar-refractivity contribution is 7.99. The fraction of sp³-hybridized carbons (Fsp3) is 0.250. The van der Waals surface area contributed by atoms with Crippen molar-refractivity contribution < 1.29 is 14.5 Å². The predicted molar refractivity (Wildman–Crippen MR) is 109 cm³/mol. The number of aryl methyl sites for hydroxylation is 2. The Hall–Kier alpha value is -3.20. The van der Waals surface area contributed by atoms with Gasteiger partial charge in [0.25, 0.3) is 5.69 Å². The largest absolute Gasteiger partial charge is 0.485 e. The molecule has 0 saturated carbocycles. The van der Waals surface area contributed by atoms with Crippen LogP contribution in [0.3, 0.4) is 0 Å². The molecule has 1 aromatic heterocycles. The molecule has 150 valence electrons. The Bertz CT molecular complexity index is 1060. The van der Waals surface area contributed by atoms with Gasteiger partial charge in [0.2, 0.25) is 0 Å². The summed E-state index contributed by atoms with van der Waals surface area (Å²) in [4.78, 5) is 22.7. The average Bonchev–Trinajstić information content (AvgIpc) is 3.05. The van der Waals surface area contributed by atoms with E-state index in [2.05, 4.69) is 10.2 Å². The maximum atomic E-state index is 12.4. The van der Waals surface area contributed by atoms with E-state index >= 15 is 0 Å². The molecule has 0 amide bonds. The monoisotopic (exact) mass is 412 g/mol. The van der Waals surface area contributed by atoms with E-state index in [-0.39, 0.29) is 23.8 Å². The predicted octanol–water partition coefficient (Wildman–Crippen LogP) is 3.89. The van der Waals surface area contributed by atoms with Crippen molar-refractivity contribution >= 4 is 23.2 Å². The van der Waals surface area contributed by atoms with Gasteiger partial charge in [0.05, 0.1) is 10.7 Å². The molecule has 0 N–H and O–H groups in total. The molecule has 3 aromatic rings. The number of hydrogen-bond donors (Lipinski definition) is 0. The van der Waals surface area contributed by atoms with Gasteiger partial charge in [0.15, 0.2) is 16.8 Å². The first-order chi connectivity index (χ1) is 13.8. The number of nitro groups is 1. The minimum Gasteiger partial charge on any atom is -0.485 e. The lowest BCUT2D eigenvalue weighted by Crippen LogP contribution is -2.07. The van der Waals surface area contributed by atoms with E-state index in [1.54, 1.807) is 17.7 Å². The molecule has 1 heterocycles. The minimum atomic E-state index is -0.519. The van der Waals surface area contributed by atoms with Crippen LogP contribution in [0.15, 0.2) is 47.6 Å². The van der Waals surface area contributed by atoms with Crippen molar-refractivity contribution in [1.29, 1.82) is 0 Å². The normalized spacial score (nSPS) is 10.7. The quantitative estimate of drug-likeness (QED) is 0.239. The van der Waals surface area contributed by atoms with Crippen LogP contribution in [0.4, 0.5) is 5.69 Å². The van der Waals surface area contributed by atoms with Crippen LogP contribution in [-0.2, 0) is 13.7 Å². The number of carbonyl (C=O) groups is 1. The number of benzene rings is 2.